The van der Waals surface area contributed by atoms with Crippen LogP contribution >= 0.6 is 0 Å². The fourth-order valence-electron chi connectivity index (χ4n) is 8.34. The molecule has 0 nitrogen and oxygen atoms in total. The fraction of sp³-hybridized carbons (Fsp3) is 0.471. The summed E-state index contributed by atoms with van der Waals surface area (Å²) in [5.74, 6) is 0. The fourth-order valence-corrected chi connectivity index (χ4v) is 20.0. The van der Waals surface area contributed by atoms with Gasteiger partial charge in [0.15, 0.2) is 0 Å². The van der Waals surface area contributed by atoms with Gasteiger partial charge in [-0.3, -0.25) is 0 Å². The summed E-state index contributed by atoms with van der Waals surface area (Å²) in [5.41, 5.74) is 0. The highest BCUT2D eigenvalue weighted by atomic mass is 28.3. The molecule has 6 rings (SSSR count). The van der Waals surface area contributed by atoms with E-state index in [2.05, 4.69) is 76.2 Å². The van der Waals surface area contributed by atoms with Crippen LogP contribution in [0.2, 0.25) is 24.2 Å². The lowest BCUT2D eigenvalue weighted by Gasteiger charge is -2.32. The van der Waals surface area contributed by atoms with E-state index in [1.54, 1.807) is 42.7 Å². The summed E-state index contributed by atoms with van der Waals surface area (Å²) in [6.45, 7) is 9.55. The molecule has 188 valence electrons. The largest absolute Gasteiger partial charge is 0.119 e. The molecule has 0 amide bonds. The molecule has 0 unspecified atom stereocenters. The Hall–Kier alpha value is -1.91. The Kier molecular flexibility index (Phi) is 6.41. The van der Waals surface area contributed by atoms with Crippen LogP contribution in [0, 0.1) is 0 Å². The van der Waals surface area contributed by atoms with Gasteiger partial charge in [0.25, 0.3) is 0 Å². The van der Waals surface area contributed by atoms with Crippen LogP contribution in [0.4, 0.5) is 0 Å². The number of hydrogen-bond donors (Lipinski definition) is 0. The quantitative estimate of drug-likeness (QED) is 0.134. The van der Waals surface area contributed by atoms with Gasteiger partial charge in [-0.2, -0.15) is 0 Å². The number of unbranched alkanes of at least 4 members (excludes halogenated alkanes) is 4. The molecule has 2 heteroatoms. The zero-order chi connectivity index (χ0) is 24.9. The molecule has 0 N–H and O–H groups in total. The van der Waals surface area contributed by atoms with Crippen LogP contribution in [0.25, 0.3) is 32.3 Å². The molecule has 0 bridgehead atoms. The predicted octanol–water partition coefficient (Wildman–Crippen LogP) is 8.10. The number of rotatable bonds is 12. The third-order valence-electron chi connectivity index (χ3n) is 10.0. The molecule has 36 heavy (non-hydrogen) atoms. The van der Waals surface area contributed by atoms with E-state index in [-0.39, 0.29) is 0 Å². The van der Waals surface area contributed by atoms with Crippen molar-refractivity contribution < 1.29 is 0 Å². The molecular weight excluding hydrogens is 465 g/mol. The Balaban J connectivity index is 1.75. The van der Waals surface area contributed by atoms with Crippen LogP contribution in [0.15, 0.2) is 48.5 Å². The number of benzene rings is 4. The summed E-state index contributed by atoms with van der Waals surface area (Å²) < 4.78 is 0. The summed E-state index contributed by atoms with van der Waals surface area (Å²) in [4.78, 5) is 0. The third kappa shape index (κ3) is 3.16. The van der Waals surface area contributed by atoms with Crippen LogP contribution in [-0.2, 0) is 0 Å². The van der Waals surface area contributed by atoms with Crippen LogP contribution in [0.1, 0.15) is 79.1 Å². The smallest absolute Gasteiger partial charge is 0.0654 e. The highest BCUT2D eigenvalue weighted by Crippen LogP contribution is 2.44. The minimum absolute atomic E-state index is 1.31. The first-order valence-corrected chi connectivity index (χ1v) is 20.0. The summed E-state index contributed by atoms with van der Waals surface area (Å²) in [7, 11) is -3.52. The molecule has 2 aliphatic rings. The third-order valence-corrected chi connectivity index (χ3v) is 20.6. The predicted molar refractivity (Wildman–Crippen MR) is 168 cm³/mol. The lowest BCUT2D eigenvalue weighted by molar-refractivity contribution is 0.838. The minimum atomic E-state index is -1.76. The maximum absolute atomic E-state index is 2.71. The van der Waals surface area contributed by atoms with Gasteiger partial charge in [0.05, 0.1) is 0 Å². The van der Waals surface area contributed by atoms with E-state index >= 15 is 0 Å². The van der Waals surface area contributed by atoms with Gasteiger partial charge in [-0.1, -0.05) is 128 Å². The van der Waals surface area contributed by atoms with Gasteiger partial charge < -0.3 is 0 Å². The summed E-state index contributed by atoms with van der Waals surface area (Å²) in [6.07, 6.45) is 10.7. The van der Waals surface area contributed by atoms with E-state index in [0.717, 1.165) is 0 Å². The van der Waals surface area contributed by atoms with E-state index in [0.29, 0.717) is 0 Å². The normalized spacial score (nSPS) is 16.4. The molecule has 0 saturated carbocycles. The zero-order valence-electron chi connectivity index (χ0n) is 23.1. The van der Waals surface area contributed by atoms with Gasteiger partial charge in [0.2, 0.25) is 0 Å². The molecule has 2 aliphatic heterocycles. The number of fused-ring (bicyclic) bond motifs is 1. The first-order chi connectivity index (χ1) is 17.7. The Bertz CT molecular complexity index is 1320. The average Bonchev–Trinajstić information content (AvgIpc) is 3.36. The van der Waals surface area contributed by atoms with Crippen molar-refractivity contribution in [3.63, 3.8) is 0 Å². The van der Waals surface area contributed by atoms with Crippen molar-refractivity contribution in [2.75, 3.05) is 0 Å². The Labute approximate surface area is 220 Å². The molecule has 2 heterocycles. The topological polar surface area (TPSA) is 0 Å². The van der Waals surface area contributed by atoms with Crippen molar-refractivity contribution >= 4 is 69.2 Å². The molecule has 0 spiro atoms. The highest BCUT2D eigenvalue weighted by molar-refractivity contribution is 7.10. The summed E-state index contributed by atoms with van der Waals surface area (Å²) in [5, 5.41) is 17.2. The van der Waals surface area contributed by atoms with Crippen molar-refractivity contribution in [2.24, 2.45) is 0 Å². The minimum Gasteiger partial charge on any atom is -0.0654 e. The second-order valence-corrected chi connectivity index (χ2v) is 20.4. The van der Waals surface area contributed by atoms with Crippen molar-refractivity contribution in [1.82, 2.24) is 0 Å². The SMILES string of the molecule is CCCC[Si]1(CCCC)c2cccc3c4cccc5c4c4c(ccc1c4c23)[Si]5(CCCC)CCCC. The molecule has 0 aliphatic carbocycles. The van der Waals surface area contributed by atoms with Gasteiger partial charge in [-0.25, -0.2) is 0 Å². The molecule has 0 fully saturated rings. The van der Waals surface area contributed by atoms with Crippen molar-refractivity contribution in [3.8, 4) is 0 Å². The molecule has 4 aromatic carbocycles. The maximum Gasteiger partial charge on any atom is 0.119 e. The van der Waals surface area contributed by atoms with Gasteiger partial charge in [-0.15, -0.1) is 0 Å². The Morgan fingerprint density at radius 1 is 0.417 bits per heavy atom. The average molecular weight is 509 g/mol. The van der Waals surface area contributed by atoms with E-state index < -0.39 is 16.1 Å². The van der Waals surface area contributed by atoms with Gasteiger partial charge >= 0.3 is 0 Å². The van der Waals surface area contributed by atoms with E-state index in [4.69, 9.17) is 0 Å². The molecular formula is C34H44Si2. The molecule has 0 atom stereocenters. The monoisotopic (exact) mass is 508 g/mol. The van der Waals surface area contributed by atoms with Gasteiger partial charge in [0, 0.05) is 0 Å². The van der Waals surface area contributed by atoms with E-state index in [9.17, 15) is 0 Å². The molecule has 0 saturated heterocycles. The second kappa shape index (κ2) is 9.44. The van der Waals surface area contributed by atoms with Crippen molar-refractivity contribution in [3.05, 3.63) is 48.5 Å². The van der Waals surface area contributed by atoms with Crippen LogP contribution in [-0.4, -0.2) is 16.1 Å². The maximum atomic E-state index is 2.71. The van der Waals surface area contributed by atoms with Crippen molar-refractivity contribution in [1.29, 1.82) is 0 Å². The zero-order valence-corrected chi connectivity index (χ0v) is 25.1. The van der Waals surface area contributed by atoms with Crippen LogP contribution in [0.3, 0.4) is 0 Å². The summed E-state index contributed by atoms with van der Waals surface area (Å²) in [6, 6.07) is 26.1. The first-order valence-electron chi connectivity index (χ1n) is 15.1. The lowest BCUT2D eigenvalue weighted by atomic mass is 9.95. The Morgan fingerprint density at radius 2 is 0.750 bits per heavy atom. The van der Waals surface area contributed by atoms with Gasteiger partial charge in [0.1, 0.15) is 16.1 Å². The molecule has 0 aromatic heterocycles. The standard InChI is InChI=1S/C34H44Si2/c1-5-9-21-35(22-10-6-2)27-17-13-15-25-26-16-14-18-28-32(26)34-30(20-19-29(35)33(34)31(25)27)36(28,23-11-7-3)24-12-8-4/h13-20H,5-12,21-24H2,1-4H3. The lowest BCUT2D eigenvalue weighted by Crippen LogP contribution is -2.57. The van der Waals surface area contributed by atoms with E-state index in [1.807, 2.05) is 10.4 Å². The Morgan fingerprint density at radius 3 is 1.08 bits per heavy atom. The first kappa shape index (κ1) is 24.4. The second-order valence-electron chi connectivity index (χ2n) is 11.9. The van der Waals surface area contributed by atoms with Crippen LogP contribution < -0.4 is 20.7 Å². The molecule has 4 aromatic rings. The van der Waals surface area contributed by atoms with Crippen molar-refractivity contribution in [2.45, 2.75) is 103 Å². The van der Waals surface area contributed by atoms with E-state index in [1.165, 1.54) is 75.5 Å². The van der Waals surface area contributed by atoms with Crippen LogP contribution in [0.5, 0.6) is 0 Å². The highest BCUT2D eigenvalue weighted by Gasteiger charge is 2.48. The molecule has 0 radical (unpaired) electrons. The van der Waals surface area contributed by atoms with Gasteiger partial charge in [-0.05, 0) is 77.2 Å². The summed E-state index contributed by atoms with van der Waals surface area (Å²) >= 11 is 0. The number of hydrogen-bond acceptors (Lipinski definition) is 0.